The van der Waals surface area contributed by atoms with Crippen LogP contribution < -0.4 is 16.4 Å². The van der Waals surface area contributed by atoms with Gasteiger partial charge in [0.1, 0.15) is 0 Å². The first-order valence-corrected chi connectivity index (χ1v) is 7.41. The first-order valence-electron chi connectivity index (χ1n) is 7.41. The van der Waals surface area contributed by atoms with Gasteiger partial charge < -0.3 is 31.1 Å². The Balaban J connectivity index is 3.22. The molecule has 24 heavy (non-hydrogen) atoms. The van der Waals surface area contributed by atoms with Crippen molar-refractivity contribution < 1.29 is 24.2 Å². The van der Waals surface area contributed by atoms with Crippen LogP contribution in [0.15, 0.2) is 11.8 Å². The second-order valence-corrected chi connectivity index (χ2v) is 5.44. The number of nitrogens with one attached hydrogen (secondary N) is 3. The molecule has 0 radical (unpaired) electrons. The van der Waals surface area contributed by atoms with E-state index in [2.05, 4.69) is 10.6 Å². The summed E-state index contributed by atoms with van der Waals surface area (Å²) < 4.78 is 5.31. The fraction of sp³-hybridized carbons (Fsp3) is 0.571. The summed E-state index contributed by atoms with van der Waals surface area (Å²) in [5.74, 6) is -3.13. The molecule has 10 nitrogen and oxygen atoms in total. The van der Waals surface area contributed by atoms with E-state index in [1.54, 1.807) is 7.05 Å². The molecule has 0 fully saturated rings. The topological polar surface area (TPSA) is 158 Å². The molecule has 6 N–H and O–H groups in total. The van der Waals surface area contributed by atoms with Crippen LogP contribution in [0.1, 0.15) is 20.3 Å². The first-order chi connectivity index (χ1) is 11.2. The van der Waals surface area contributed by atoms with Crippen LogP contribution in [-0.4, -0.2) is 65.5 Å². The van der Waals surface area contributed by atoms with Gasteiger partial charge in [-0.1, -0.05) is 6.92 Å². The lowest BCUT2D eigenvalue weighted by molar-refractivity contribution is -0.148. The van der Waals surface area contributed by atoms with Crippen LogP contribution in [0.4, 0.5) is 0 Å². The van der Waals surface area contributed by atoms with E-state index in [0.29, 0.717) is 13.0 Å². The van der Waals surface area contributed by atoms with E-state index in [4.69, 9.17) is 15.9 Å². The van der Waals surface area contributed by atoms with Gasteiger partial charge in [0.2, 0.25) is 11.7 Å². The van der Waals surface area contributed by atoms with E-state index in [-0.39, 0.29) is 0 Å². The van der Waals surface area contributed by atoms with E-state index in [1.165, 1.54) is 17.9 Å². The number of amides is 2. The fourth-order valence-electron chi connectivity index (χ4n) is 2.40. The Morgan fingerprint density at radius 2 is 2.04 bits per heavy atom. The van der Waals surface area contributed by atoms with Gasteiger partial charge in [-0.3, -0.25) is 15.0 Å². The molecular formula is C14H23N5O5. The van der Waals surface area contributed by atoms with Crippen LogP contribution in [-0.2, 0) is 19.1 Å². The third kappa shape index (κ3) is 4.86. The summed E-state index contributed by atoms with van der Waals surface area (Å²) in [7, 11) is 1.56. The molecule has 0 aromatic rings. The molecule has 10 heteroatoms. The largest absolute Gasteiger partial charge is 0.475 e. The zero-order chi connectivity index (χ0) is 18.4. The van der Waals surface area contributed by atoms with Crippen molar-refractivity contribution >= 4 is 23.7 Å². The number of rotatable bonds is 6. The standard InChI is InChI=1S/C14H23N5O5/c1-4-5-19(3)12(21)11-10(17-7(2)20)8(18-14(15)16)6-9(24-11)13(22)23/h6,8,10-11H,4-5H2,1-3H3,(H,17,20)(H,22,23)(H4,15,16,18)/t8-,10+,11+/m0/s1. The number of guanidine groups is 1. The summed E-state index contributed by atoms with van der Waals surface area (Å²) in [6.07, 6.45) is 0.628. The molecule has 134 valence electrons. The van der Waals surface area contributed by atoms with Crippen molar-refractivity contribution in [1.82, 2.24) is 15.5 Å². The molecule has 0 bridgehead atoms. The molecular weight excluding hydrogens is 318 g/mol. The molecule has 0 spiro atoms. The van der Waals surface area contributed by atoms with Gasteiger partial charge in [-0.25, -0.2) is 4.79 Å². The Kier molecular flexibility index (Phi) is 6.57. The third-order valence-corrected chi connectivity index (χ3v) is 3.38. The van der Waals surface area contributed by atoms with E-state index in [9.17, 15) is 19.5 Å². The van der Waals surface area contributed by atoms with Crippen molar-refractivity contribution in [2.75, 3.05) is 13.6 Å². The second kappa shape index (κ2) is 8.18. The zero-order valence-electron chi connectivity index (χ0n) is 13.8. The molecule has 2 amide bonds. The maximum Gasteiger partial charge on any atom is 0.370 e. The van der Waals surface area contributed by atoms with Gasteiger partial charge in [-0.15, -0.1) is 0 Å². The van der Waals surface area contributed by atoms with Gasteiger partial charge in [-0.2, -0.15) is 0 Å². The summed E-state index contributed by atoms with van der Waals surface area (Å²) in [6.45, 7) is 3.60. The van der Waals surface area contributed by atoms with Crippen LogP contribution >= 0.6 is 0 Å². The number of nitrogens with zero attached hydrogens (tertiary/aromatic N) is 1. The number of hydrogen-bond donors (Lipinski definition) is 5. The molecule has 0 unspecified atom stereocenters. The van der Waals surface area contributed by atoms with Crippen LogP contribution in [0, 0.1) is 5.41 Å². The van der Waals surface area contributed by atoms with E-state index < -0.39 is 47.7 Å². The lowest BCUT2D eigenvalue weighted by Gasteiger charge is -2.37. The molecule has 0 aromatic heterocycles. The fourth-order valence-corrected chi connectivity index (χ4v) is 2.40. The summed E-state index contributed by atoms with van der Waals surface area (Å²) in [4.78, 5) is 36.7. The van der Waals surface area contributed by atoms with E-state index in [1.807, 2.05) is 6.92 Å². The van der Waals surface area contributed by atoms with Crippen molar-refractivity contribution in [3.05, 3.63) is 11.8 Å². The number of carboxylic acids is 1. The summed E-state index contributed by atoms with van der Waals surface area (Å²) in [5, 5.41) is 21.6. The molecule has 3 atom stereocenters. The van der Waals surface area contributed by atoms with Crippen LogP contribution in [0.5, 0.6) is 0 Å². The summed E-state index contributed by atoms with van der Waals surface area (Å²) in [5.41, 5.74) is 5.31. The molecule has 1 aliphatic rings. The lowest BCUT2D eigenvalue weighted by Crippen LogP contribution is -2.63. The zero-order valence-corrected chi connectivity index (χ0v) is 13.8. The first kappa shape index (κ1) is 19.3. The Bertz CT molecular complexity index is 562. The van der Waals surface area contributed by atoms with Gasteiger partial charge in [0.25, 0.3) is 5.91 Å². The third-order valence-electron chi connectivity index (χ3n) is 3.38. The van der Waals surface area contributed by atoms with Gasteiger partial charge in [0, 0.05) is 20.5 Å². The molecule has 0 saturated carbocycles. The van der Waals surface area contributed by atoms with E-state index >= 15 is 0 Å². The van der Waals surface area contributed by atoms with Gasteiger partial charge in [-0.05, 0) is 12.5 Å². The summed E-state index contributed by atoms with van der Waals surface area (Å²) in [6, 6.07) is -1.79. The Morgan fingerprint density at radius 1 is 1.42 bits per heavy atom. The van der Waals surface area contributed by atoms with Gasteiger partial charge in [0.15, 0.2) is 12.1 Å². The number of aliphatic carboxylic acids is 1. The van der Waals surface area contributed by atoms with Gasteiger partial charge in [0.05, 0.1) is 12.1 Å². The minimum absolute atomic E-state index is 0.425. The Hall–Kier alpha value is -2.78. The van der Waals surface area contributed by atoms with Crippen molar-refractivity contribution in [3.63, 3.8) is 0 Å². The van der Waals surface area contributed by atoms with Crippen molar-refractivity contribution in [2.45, 2.75) is 38.5 Å². The highest BCUT2D eigenvalue weighted by Gasteiger charge is 2.42. The number of carbonyl (C=O) groups excluding carboxylic acids is 2. The predicted molar refractivity (Wildman–Crippen MR) is 85.0 cm³/mol. The Morgan fingerprint density at radius 3 is 2.50 bits per heavy atom. The number of carboxylic acid groups (broad SMARTS) is 1. The predicted octanol–water partition coefficient (Wildman–Crippen LogP) is -1.42. The number of ether oxygens (including phenoxy) is 1. The maximum absolute atomic E-state index is 12.6. The lowest BCUT2D eigenvalue weighted by atomic mass is 9.97. The minimum Gasteiger partial charge on any atom is -0.475 e. The highest BCUT2D eigenvalue weighted by Crippen LogP contribution is 2.20. The summed E-state index contributed by atoms with van der Waals surface area (Å²) >= 11 is 0. The molecule has 1 rings (SSSR count). The molecule has 1 aliphatic heterocycles. The molecule has 0 aromatic carbocycles. The van der Waals surface area contributed by atoms with Crippen molar-refractivity contribution in [1.29, 1.82) is 5.41 Å². The minimum atomic E-state index is -1.36. The Labute approximate surface area is 139 Å². The number of carbonyl (C=O) groups is 3. The van der Waals surface area contributed by atoms with Crippen LogP contribution in [0.25, 0.3) is 0 Å². The smallest absolute Gasteiger partial charge is 0.370 e. The SMILES string of the molecule is CCCN(C)C(=O)[C@@H]1OC(C(=O)O)=C[C@H](NC(=N)N)[C@H]1NC(C)=O. The average molecular weight is 341 g/mol. The monoisotopic (exact) mass is 341 g/mol. The van der Waals surface area contributed by atoms with Crippen molar-refractivity contribution in [2.24, 2.45) is 5.73 Å². The highest BCUT2D eigenvalue weighted by atomic mass is 16.5. The maximum atomic E-state index is 12.6. The average Bonchev–Trinajstić information content (AvgIpc) is 2.47. The number of nitrogens with two attached hydrogens (primary N) is 1. The van der Waals surface area contributed by atoms with Crippen molar-refractivity contribution in [3.8, 4) is 0 Å². The number of likely N-dealkylation sites (N-methyl/N-ethyl adjacent to an activating group) is 1. The molecule has 0 saturated heterocycles. The second-order valence-electron chi connectivity index (χ2n) is 5.44. The van der Waals surface area contributed by atoms with E-state index in [0.717, 1.165) is 0 Å². The molecule has 0 aliphatic carbocycles. The highest BCUT2D eigenvalue weighted by molar-refractivity contribution is 5.89. The van der Waals surface area contributed by atoms with Gasteiger partial charge >= 0.3 is 5.97 Å². The molecule has 1 heterocycles. The van der Waals surface area contributed by atoms with Crippen LogP contribution in [0.2, 0.25) is 0 Å². The van der Waals surface area contributed by atoms with Crippen LogP contribution in [0.3, 0.4) is 0 Å². The normalized spacial score (nSPS) is 22.6. The quantitative estimate of drug-likeness (QED) is 0.293. The number of hydrogen-bond acceptors (Lipinski definition) is 5.